The van der Waals surface area contributed by atoms with Gasteiger partial charge < -0.3 is 11.1 Å². The Morgan fingerprint density at radius 2 is 2.38 bits per heavy atom. The van der Waals surface area contributed by atoms with Gasteiger partial charge in [-0.1, -0.05) is 11.6 Å². The van der Waals surface area contributed by atoms with Crippen molar-refractivity contribution in [3.8, 4) is 0 Å². The summed E-state index contributed by atoms with van der Waals surface area (Å²) in [5.74, 6) is -0.246. The zero-order valence-electron chi connectivity index (χ0n) is 7.12. The highest BCUT2D eigenvalue weighted by molar-refractivity contribution is 6.29. The zero-order chi connectivity index (χ0) is 9.84. The summed E-state index contributed by atoms with van der Waals surface area (Å²) in [7, 11) is 0. The molecule has 0 aliphatic heterocycles. The zero-order valence-corrected chi connectivity index (χ0v) is 7.88. The fourth-order valence-corrected chi connectivity index (χ4v) is 0.818. The van der Waals surface area contributed by atoms with Crippen molar-refractivity contribution in [1.82, 2.24) is 4.98 Å². The largest absolute Gasteiger partial charge is 0.323 e. The minimum absolute atomic E-state index is 0.246. The number of carbonyl (C=O) groups is 1. The first-order valence-electron chi connectivity index (χ1n) is 3.77. The number of carbonyl (C=O) groups excluding carboxylic acids is 1. The number of aromatic nitrogens is 1. The van der Waals surface area contributed by atoms with Gasteiger partial charge in [0.05, 0.1) is 17.9 Å². The number of nitrogens with zero attached hydrogens (tertiary/aromatic N) is 1. The Morgan fingerprint density at radius 3 is 2.85 bits per heavy atom. The van der Waals surface area contributed by atoms with Crippen LogP contribution < -0.4 is 11.1 Å². The molecule has 1 atom stereocenters. The van der Waals surface area contributed by atoms with E-state index in [1.54, 1.807) is 19.1 Å². The predicted molar refractivity (Wildman–Crippen MR) is 51.5 cm³/mol. The molecular weight excluding hydrogens is 190 g/mol. The second kappa shape index (κ2) is 4.20. The molecule has 0 aliphatic carbocycles. The fraction of sp³-hybridized carbons (Fsp3) is 0.250. The van der Waals surface area contributed by atoms with Crippen LogP contribution >= 0.6 is 11.6 Å². The number of hydrogen-bond donors (Lipinski definition) is 2. The second-order valence-electron chi connectivity index (χ2n) is 2.65. The van der Waals surface area contributed by atoms with Crippen LogP contribution in [0, 0.1) is 0 Å². The molecule has 0 aliphatic rings. The van der Waals surface area contributed by atoms with E-state index in [1.807, 2.05) is 0 Å². The van der Waals surface area contributed by atoms with Crippen molar-refractivity contribution < 1.29 is 4.79 Å². The Labute approximate surface area is 81.1 Å². The third kappa shape index (κ3) is 3.01. The molecule has 3 N–H and O–H groups in total. The molecule has 1 heterocycles. The monoisotopic (exact) mass is 199 g/mol. The molecule has 0 aromatic carbocycles. The highest BCUT2D eigenvalue weighted by atomic mass is 35.5. The maximum Gasteiger partial charge on any atom is 0.241 e. The minimum Gasteiger partial charge on any atom is -0.323 e. The molecule has 1 rings (SSSR count). The summed E-state index contributed by atoms with van der Waals surface area (Å²) in [6, 6.07) is 2.73. The minimum atomic E-state index is -0.532. The number of halogens is 1. The van der Waals surface area contributed by atoms with Crippen LogP contribution in [0.5, 0.6) is 0 Å². The maximum absolute atomic E-state index is 11.1. The molecule has 70 valence electrons. The van der Waals surface area contributed by atoms with E-state index in [-0.39, 0.29) is 5.91 Å². The van der Waals surface area contributed by atoms with Gasteiger partial charge in [-0.2, -0.15) is 0 Å². The van der Waals surface area contributed by atoms with Gasteiger partial charge in [-0.3, -0.25) is 4.79 Å². The first kappa shape index (κ1) is 9.95. The number of nitrogens with two attached hydrogens (primary N) is 1. The summed E-state index contributed by atoms with van der Waals surface area (Å²) in [5, 5.41) is 2.97. The number of rotatable bonds is 2. The molecule has 0 spiro atoms. The number of anilines is 1. The average molecular weight is 200 g/mol. The van der Waals surface area contributed by atoms with Crippen LogP contribution in [0.3, 0.4) is 0 Å². The number of hydrogen-bond acceptors (Lipinski definition) is 3. The lowest BCUT2D eigenvalue weighted by Crippen LogP contribution is -2.32. The molecule has 1 amide bonds. The average Bonchev–Trinajstić information content (AvgIpc) is 2.08. The normalized spacial score (nSPS) is 12.2. The van der Waals surface area contributed by atoms with Crippen molar-refractivity contribution in [2.75, 3.05) is 5.32 Å². The van der Waals surface area contributed by atoms with E-state index in [0.717, 1.165) is 0 Å². The molecule has 0 bridgehead atoms. The Bertz CT molecular complexity index is 297. The molecule has 1 aromatic heterocycles. The first-order chi connectivity index (χ1) is 6.09. The van der Waals surface area contributed by atoms with E-state index in [1.165, 1.54) is 6.20 Å². The lowest BCUT2D eigenvalue weighted by Gasteiger charge is -2.06. The van der Waals surface area contributed by atoms with Gasteiger partial charge >= 0.3 is 0 Å². The van der Waals surface area contributed by atoms with Crippen LogP contribution in [-0.4, -0.2) is 16.9 Å². The summed E-state index contributed by atoms with van der Waals surface area (Å²) in [6.07, 6.45) is 1.47. The lowest BCUT2D eigenvalue weighted by molar-refractivity contribution is -0.117. The van der Waals surface area contributed by atoms with Gasteiger partial charge in [0.15, 0.2) is 0 Å². The third-order valence-corrected chi connectivity index (χ3v) is 1.63. The number of nitrogens with one attached hydrogen (secondary N) is 1. The van der Waals surface area contributed by atoms with Crippen LogP contribution in [0.15, 0.2) is 18.3 Å². The molecule has 5 heteroatoms. The molecule has 13 heavy (non-hydrogen) atoms. The molecule has 0 radical (unpaired) electrons. The van der Waals surface area contributed by atoms with E-state index >= 15 is 0 Å². The van der Waals surface area contributed by atoms with Crippen molar-refractivity contribution in [3.63, 3.8) is 0 Å². The Hall–Kier alpha value is -1.13. The molecular formula is C8H10ClN3O. The van der Waals surface area contributed by atoms with Crippen molar-refractivity contribution in [1.29, 1.82) is 0 Å². The van der Waals surface area contributed by atoms with Crippen molar-refractivity contribution in [2.45, 2.75) is 13.0 Å². The van der Waals surface area contributed by atoms with E-state index in [0.29, 0.717) is 10.8 Å². The highest BCUT2D eigenvalue weighted by Gasteiger charge is 2.06. The lowest BCUT2D eigenvalue weighted by atomic mass is 10.3. The summed E-state index contributed by atoms with van der Waals surface area (Å²) >= 11 is 5.56. The first-order valence-corrected chi connectivity index (χ1v) is 4.15. The molecule has 0 fully saturated rings. The van der Waals surface area contributed by atoms with E-state index in [4.69, 9.17) is 17.3 Å². The molecule has 0 saturated heterocycles. The van der Waals surface area contributed by atoms with E-state index in [9.17, 15) is 4.79 Å². The van der Waals surface area contributed by atoms with Crippen LogP contribution in [0.25, 0.3) is 0 Å². The van der Waals surface area contributed by atoms with Crippen LogP contribution in [0.2, 0.25) is 5.15 Å². The van der Waals surface area contributed by atoms with Gasteiger partial charge in [-0.25, -0.2) is 4.98 Å². The standard InChI is InChI=1S/C8H10ClN3O/c1-5(10)8(13)12-6-2-3-7(9)11-4-6/h2-5H,10H2,1H3,(H,12,13)/t5-/m1/s1. The molecule has 0 saturated carbocycles. The van der Waals surface area contributed by atoms with E-state index < -0.39 is 6.04 Å². The number of amides is 1. The van der Waals surface area contributed by atoms with Gasteiger partial charge in [0, 0.05) is 0 Å². The van der Waals surface area contributed by atoms with Gasteiger partial charge in [-0.05, 0) is 19.1 Å². The fourth-order valence-electron chi connectivity index (χ4n) is 0.706. The van der Waals surface area contributed by atoms with Crippen molar-refractivity contribution in [3.05, 3.63) is 23.5 Å². The summed E-state index contributed by atoms with van der Waals surface area (Å²) in [5.41, 5.74) is 5.94. The summed E-state index contributed by atoms with van der Waals surface area (Å²) in [6.45, 7) is 1.61. The summed E-state index contributed by atoms with van der Waals surface area (Å²) < 4.78 is 0. The quantitative estimate of drug-likeness (QED) is 0.699. The Morgan fingerprint density at radius 1 is 1.69 bits per heavy atom. The van der Waals surface area contributed by atoms with E-state index in [2.05, 4.69) is 10.3 Å². The predicted octanol–water partition coefficient (Wildman–Crippen LogP) is 1.02. The highest BCUT2D eigenvalue weighted by Crippen LogP contribution is 2.09. The van der Waals surface area contributed by atoms with Gasteiger partial charge in [0.1, 0.15) is 5.15 Å². The Balaban J connectivity index is 2.65. The maximum atomic E-state index is 11.1. The molecule has 1 aromatic rings. The molecule has 0 unspecified atom stereocenters. The van der Waals surface area contributed by atoms with Crippen LogP contribution in [-0.2, 0) is 4.79 Å². The smallest absolute Gasteiger partial charge is 0.241 e. The van der Waals surface area contributed by atoms with Gasteiger partial charge in [-0.15, -0.1) is 0 Å². The topological polar surface area (TPSA) is 68.0 Å². The SMILES string of the molecule is C[C@@H](N)C(=O)Nc1ccc(Cl)nc1. The second-order valence-corrected chi connectivity index (χ2v) is 3.03. The van der Waals surface area contributed by atoms with Gasteiger partial charge in [0.2, 0.25) is 5.91 Å². The third-order valence-electron chi connectivity index (χ3n) is 1.41. The van der Waals surface area contributed by atoms with Gasteiger partial charge in [0.25, 0.3) is 0 Å². The Kier molecular flexibility index (Phi) is 3.22. The number of pyridine rings is 1. The molecule has 4 nitrogen and oxygen atoms in total. The summed E-state index contributed by atoms with van der Waals surface area (Å²) in [4.78, 5) is 14.9. The van der Waals surface area contributed by atoms with Crippen molar-refractivity contribution in [2.24, 2.45) is 5.73 Å². The van der Waals surface area contributed by atoms with Crippen molar-refractivity contribution >= 4 is 23.2 Å². The van der Waals surface area contributed by atoms with Crippen LogP contribution in [0.4, 0.5) is 5.69 Å². The van der Waals surface area contributed by atoms with Crippen LogP contribution in [0.1, 0.15) is 6.92 Å².